The predicted octanol–water partition coefficient (Wildman–Crippen LogP) is 2.82. The molecule has 2 fully saturated rings. The Bertz CT molecular complexity index is 371. The van der Waals surface area contributed by atoms with Crippen LogP contribution in [0.3, 0.4) is 0 Å². The van der Waals surface area contributed by atoms with Crippen molar-refractivity contribution in [3.05, 3.63) is 0 Å². The second-order valence-electron chi connectivity index (χ2n) is 7.26. The van der Waals surface area contributed by atoms with Crippen LogP contribution in [0.2, 0.25) is 0 Å². The van der Waals surface area contributed by atoms with E-state index in [0.29, 0.717) is 12.3 Å². The van der Waals surface area contributed by atoms with Crippen molar-refractivity contribution in [2.24, 2.45) is 16.7 Å². The molecule has 0 aromatic heterocycles. The molecule has 0 radical (unpaired) electrons. The molecule has 2 saturated carbocycles. The second kappa shape index (κ2) is 4.47. The van der Waals surface area contributed by atoms with Gasteiger partial charge in [-0.1, -0.05) is 13.8 Å². The minimum absolute atomic E-state index is 0.0746. The predicted molar refractivity (Wildman–Crippen MR) is 76.7 cm³/mol. The Balaban J connectivity index is 2.22. The highest BCUT2D eigenvalue weighted by atomic mass is 16.3. The number of fused-ring (bicyclic) bond motifs is 2. The summed E-state index contributed by atoms with van der Waals surface area (Å²) in [6.07, 6.45) is 3.69. The van der Waals surface area contributed by atoms with Crippen LogP contribution in [0.4, 0.5) is 0 Å². The number of carbonyl (C=O) groups is 1. The summed E-state index contributed by atoms with van der Waals surface area (Å²) in [5.41, 5.74) is -0.999. The summed E-state index contributed by atoms with van der Waals surface area (Å²) in [7, 11) is 0. The summed E-state index contributed by atoms with van der Waals surface area (Å²) in [6, 6.07) is 0. The summed E-state index contributed by atoms with van der Waals surface area (Å²) in [6.45, 7) is 11.9. The van der Waals surface area contributed by atoms with E-state index in [4.69, 9.17) is 0 Å². The van der Waals surface area contributed by atoms with E-state index in [1.807, 2.05) is 25.7 Å². The molecule has 1 amide bonds. The zero-order valence-corrected chi connectivity index (χ0v) is 13.1. The van der Waals surface area contributed by atoms with E-state index in [0.717, 1.165) is 32.4 Å². The Hall–Kier alpha value is -0.570. The average molecular weight is 267 g/mol. The molecule has 2 rings (SSSR count). The van der Waals surface area contributed by atoms with Crippen LogP contribution < -0.4 is 0 Å². The largest absolute Gasteiger partial charge is 0.389 e. The van der Waals surface area contributed by atoms with Crippen molar-refractivity contribution in [3.8, 4) is 0 Å². The van der Waals surface area contributed by atoms with Gasteiger partial charge in [-0.15, -0.1) is 0 Å². The van der Waals surface area contributed by atoms with Crippen LogP contribution in [0.15, 0.2) is 0 Å². The van der Waals surface area contributed by atoms with Gasteiger partial charge in [0.15, 0.2) is 0 Å². The summed E-state index contributed by atoms with van der Waals surface area (Å²) in [4.78, 5) is 14.3. The Morgan fingerprint density at radius 2 is 1.84 bits per heavy atom. The van der Waals surface area contributed by atoms with Gasteiger partial charge in [-0.25, -0.2) is 0 Å². The molecule has 0 heterocycles. The van der Waals surface area contributed by atoms with Crippen molar-refractivity contribution in [2.75, 3.05) is 13.1 Å². The molecule has 0 unspecified atom stereocenters. The number of hydrogen-bond donors (Lipinski definition) is 1. The number of hydrogen-bond acceptors (Lipinski definition) is 2. The van der Waals surface area contributed by atoms with Gasteiger partial charge in [-0.3, -0.25) is 4.79 Å². The lowest BCUT2D eigenvalue weighted by Gasteiger charge is -2.50. The van der Waals surface area contributed by atoms with E-state index in [9.17, 15) is 9.90 Å². The number of carbonyl (C=O) groups excluding carboxylic acids is 1. The maximum Gasteiger partial charge on any atom is 0.223 e. The van der Waals surface area contributed by atoms with E-state index < -0.39 is 5.60 Å². The van der Waals surface area contributed by atoms with Crippen LogP contribution in [0.5, 0.6) is 0 Å². The maximum atomic E-state index is 12.5. The number of nitrogens with zero attached hydrogens (tertiary/aromatic N) is 1. The third kappa shape index (κ3) is 1.84. The molecule has 3 heteroatoms. The Morgan fingerprint density at radius 3 is 2.26 bits per heavy atom. The van der Waals surface area contributed by atoms with Crippen molar-refractivity contribution in [1.82, 2.24) is 4.90 Å². The van der Waals surface area contributed by atoms with Crippen LogP contribution >= 0.6 is 0 Å². The van der Waals surface area contributed by atoms with Crippen LogP contribution in [0.1, 0.15) is 60.3 Å². The highest BCUT2D eigenvalue weighted by Gasteiger charge is 2.68. The quantitative estimate of drug-likeness (QED) is 0.851. The molecular formula is C16H29NO2. The highest BCUT2D eigenvalue weighted by Crippen LogP contribution is 2.69. The van der Waals surface area contributed by atoms with Crippen LogP contribution in [-0.2, 0) is 4.79 Å². The zero-order chi connectivity index (χ0) is 14.5. The maximum absolute atomic E-state index is 12.5. The molecular weight excluding hydrogens is 238 g/mol. The molecule has 0 saturated heterocycles. The van der Waals surface area contributed by atoms with Crippen molar-refractivity contribution in [3.63, 3.8) is 0 Å². The van der Waals surface area contributed by atoms with E-state index in [1.54, 1.807) is 0 Å². The van der Waals surface area contributed by atoms with Gasteiger partial charge in [-0.2, -0.15) is 0 Å². The standard InChI is InChI=1S/C16H29NO2/c1-6-17(7-2)13(18)11-16-9-8-12(10-16)14(3,4)15(16,5)19/h12,19H,6-11H2,1-5H3/t12-,15+,16+/m1/s1. The van der Waals surface area contributed by atoms with Crippen molar-refractivity contribution < 1.29 is 9.90 Å². The molecule has 2 aliphatic carbocycles. The third-order valence-electron chi connectivity index (χ3n) is 6.52. The van der Waals surface area contributed by atoms with Gasteiger partial charge in [-0.05, 0) is 51.4 Å². The lowest BCUT2D eigenvalue weighted by atomic mass is 9.59. The SMILES string of the molecule is CCN(CC)C(=O)C[C@]12CC[C@H](C1)C(C)(C)[C@]2(C)O. The molecule has 0 aliphatic heterocycles. The summed E-state index contributed by atoms with van der Waals surface area (Å²) in [5.74, 6) is 0.774. The molecule has 110 valence electrons. The van der Waals surface area contributed by atoms with E-state index in [1.165, 1.54) is 0 Å². The van der Waals surface area contributed by atoms with Crippen molar-refractivity contribution in [2.45, 2.75) is 65.9 Å². The fourth-order valence-corrected chi connectivity index (χ4v) is 4.58. The van der Waals surface area contributed by atoms with Gasteiger partial charge in [0, 0.05) is 24.9 Å². The van der Waals surface area contributed by atoms with Gasteiger partial charge in [0.2, 0.25) is 5.91 Å². The van der Waals surface area contributed by atoms with Gasteiger partial charge < -0.3 is 10.0 Å². The highest BCUT2D eigenvalue weighted by molar-refractivity contribution is 5.77. The first kappa shape index (κ1) is 14.8. The van der Waals surface area contributed by atoms with Gasteiger partial charge in [0.1, 0.15) is 0 Å². The minimum atomic E-state index is -0.730. The first-order chi connectivity index (χ1) is 8.72. The lowest BCUT2D eigenvalue weighted by molar-refractivity contribution is -0.155. The van der Waals surface area contributed by atoms with Gasteiger partial charge in [0.05, 0.1) is 5.60 Å². The number of aliphatic hydroxyl groups is 1. The van der Waals surface area contributed by atoms with Crippen LogP contribution in [0, 0.1) is 16.7 Å². The fourth-order valence-electron chi connectivity index (χ4n) is 4.58. The summed E-state index contributed by atoms with van der Waals surface area (Å²) < 4.78 is 0. The van der Waals surface area contributed by atoms with E-state index in [2.05, 4.69) is 13.8 Å². The zero-order valence-electron chi connectivity index (χ0n) is 13.1. The Morgan fingerprint density at radius 1 is 1.26 bits per heavy atom. The molecule has 1 N–H and O–H groups in total. The Kier molecular flexibility index (Phi) is 3.49. The van der Waals surface area contributed by atoms with Crippen molar-refractivity contribution in [1.29, 1.82) is 0 Å². The average Bonchev–Trinajstić information content (AvgIpc) is 2.80. The van der Waals surface area contributed by atoms with E-state index >= 15 is 0 Å². The first-order valence-corrected chi connectivity index (χ1v) is 7.72. The smallest absolute Gasteiger partial charge is 0.223 e. The number of rotatable bonds is 4. The van der Waals surface area contributed by atoms with Crippen LogP contribution in [0.25, 0.3) is 0 Å². The summed E-state index contributed by atoms with van der Waals surface area (Å²) in [5, 5.41) is 11.1. The fraction of sp³-hybridized carbons (Fsp3) is 0.938. The minimum Gasteiger partial charge on any atom is -0.389 e. The van der Waals surface area contributed by atoms with E-state index in [-0.39, 0.29) is 16.7 Å². The summed E-state index contributed by atoms with van der Waals surface area (Å²) >= 11 is 0. The normalized spacial score (nSPS) is 39.6. The van der Waals surface area contributed by atoms with Gasteiger partial charge in [0.25, 0.3) is 0 Å². The molecule has 3 atom stereocenters. The topological polar surface area (TPSA) is 40.5 Å². The Labute approximate surface area is 117 Å². The molecule has 2 bridgehead atoms. The van der Waals surface area contributed by atoms with Gasteiger partial charge >= 0.3 is 0 Å². The third-order valence-corrected chi connectivity index (χ3v) is 6.52. The molecule has 0 aromatic rings. The molecule has 19 heavy (non-hydrogen) atoms. The van der Waals surface area contributed by atoms with Crippen molar-refractivity contribution >= 4 is 5.91 Å². The number of amides is 1. The molecule has 0 spiro atoms. The lowest BCUT2D eigenvalue weighted by Crippen LogP contribution is -2.54. The first-order valence-electron chi connectivity index (χ1n) is 7.72. The van der Waals surface area contributed by atoms with Crippen LogP contribution in [-0.4, -0.2) is 34.6 Å². The second-order valence-corrected chi connectivity index (χ2v) is 7.26. The molecule has 2 aliphatic rings. The molecule has 3 nitrogen and oxygen atoms in total. The monoisotopic (exact) mass is 267 g/mol. The molecule has 0 aromatic carbocycles.